The molecule has 1 rings (SSSR count). The molecule has 0 unspecified atom stereocenters. The Labute approximate surface area is 110 Å². The summed E-state index contributed by atoms with van der Waals surface area (Å²) in [6.07, 6.45) is 1.50. The summed E-state index contributed by atoms with van der Waals surface area (Å²) in [5, 5.41) is 5.80. The van der Waals surface area contributed by atoms with E-state index < -0.39 is 5.91 Å². The van der Waals surface area contributed by atoms with Gasteiger partial charge in [0, 0.05) is 25.7 Å². The number of carbonyl (C=O) groups is 2. The molecular formula is C11H15ClN4O2. The molecule has 0 aliphatic carbocycles. The first-order valence-electron chi connectivity index (χ1n) is 5.50. The SMILES string of the molecule is CCNc1cc(C(=O)NCCC(N)=O)c(Cl)cn1. The molecule has 18 heavy (non-hydrogen) atoms. The molecule has 98 valence electrons. The fraction of sp³-hybridized carbons (Fsp3) is 0.364. The molecule has 0 saturated heterocycles. The monoisotopic (exact) mass is 270 g/mol. The van der Waals surface area contributed by atoms with Crippen molar-refractivity contribution >= 4 is 29.2 Å². The lowest BCUT2D eigenvalue weighted by Crippen LogP contribution is -2.28. The normalized spacial score (nSPS) is 9.89. The minimum absolute atomic E-state index is 0.0918. The van der Waals surface area contributed by atoms with Crippen LogP contribution in [-0.2, 0) is 4.79 Å². The Bertz CT molecular complexity index is 451. The van der Waals surface area contributed by atoms with Gasteiger partial charge in [-0.1, -0.05) is 11.6 Å². The minimum Gasteiger partial charge on any atom is -0.370 e. The van der Waals surface area contributed by atoms with E-state index in [-0.39, 0.29) is 23.9 Å². The second-order valence-corrected chi connectivity index (χ2v) is 3.96. The van der Waals surface area contributed by atoms with E-state index in [9.17, 15) is 9.59 Å². The zero-order valence-corrected chi connectivity index (χ0v) is 10.8. The van der Waals surface area contributed by atoms with Crippen LogP contribution in [0.15, 0.2) is 12.3 Å². The zero-order valence-electron chi connectivity index (χ0n) is 10.00. The van der Waals surface area contributed by atoms with Gasteiger partial charge in [0.1, 0.15) is 5.82 Å². The molecule has 0 aromatic carbocycles. The predicted molar refractivity (Wildman–Crippen MR) is 69.6 cm³/mol. The summed E-state index contributed by atoms with van der Waals surface area (Å²) in [5.74, 6) is -0.255. The Hall–Kier alpha value is -1.82. The van der Waals surface area contributed by atoms with Crippen molar-refractivity contribution in [1.82, 2.24) is 10.3 Å². The molecule has 0 fully saturated rings. The van der Waals surface area contributed by atoms with Crippen molar-refractivity contribution in [2.75, 3.05) is 18.4 Å². The van der Waals surface area contributed by atoms with Gasteiger partial charge in [-0.15, -0.1) is 0 Å². The van der Waals surface area contributed by atoms with E-state index >= 15 is 0 Å². The van der Waals surface area contributed by atoms with Gasteiger partial charge < -0.3 is 16.4 Å². The van der Waals surface area contributed by atoms with Crippen LogP contribution in [0.5, 0.6) is 0 Å². The van der Waals surface area contributed by atoms with Crippen LogP contribution >= 0.6 is 11.6 Å². The topological polar surface area (TPSA) is 97.1 Å². The maximum Gasteiger partial charge on any atom is 0.253 e. The van der Waals surface area contributed by atoms with Crippen molar-refractivity contribution < 1.29 is 9.59 Å². The van der Waals surface area contributed by atoms with E-state index in [4.69, 9.17) is 17.3 Å². The van der Waals surface area contributed by atoms with E-state index in [1.807, 2.05) is 6.92 Å². The third-order valence-electron chi connectivity index (χ3n) is 2.11. The van der Waals surface area contributed by atoms with Gasteiger partial charge in [-0.05, 0) is 13.0 Å². The van der Waals surface area contributed by atoms with Crippen molar-refractivity contribution in [2.45, 2.75) is 13.3 Å². The summed E-state index contributed by atoms with van der Waals surface area (Å²) >= 11 is 5.89. The molecule has 1 aromatic rings. The second kappa shape index (κ2) is 6.80. The van der Waals surface area contributed by atoms with Crippen LogP contribution in [-0.4, -0.2) is 29.9 Å². The Morgan fingerprint density at radius 2 is 2.22 bits per heavy atom. The lowest BCUT2D eigenvalue weighted by Gasteiger charge is -2.08. The molecule has 0 aliphatic heterocycles. The molecule has 0 bridgehead atoms. The fourth-order valence-corrected chi connectivity index (χ4v) is 1.47. The van der Waals surface area contributed by atoms with E-state index in [2.05, 4.69) is 15.6 Å². The van der Waals surface area contributed by atoms with E-state index in [0.717, 1.165) is 0 Å². The van der Waals surface area contributed by atoms with Gasteiger partial charge in [0.25, 0.3) is 5.91 Å². The second-order valence-electron chi connectivity index (χ2n) is 3.55. The maximum absolute atomic E-state index is 11.8. The summed E-state index contributed by atoms with van der Waals surface area (Å²) in [6, 6.07) is 1.56. The minimum atomic E-state index is -0.468. The number of primary amides is 1. The fourth-order valence-electron chi connectivity index (χ4n) is 1.28. The number of carbonyl (C=O) groups excluding carboxylic acids is 2. The number of pyridine rings is 1. The molecule has 1 heterocycles. The van der Waals surface area contributed by atoms with E-state index in [1.165, 1.54) is 6.20 Å². The number of hydrogen-bond donors (Lipinski definition) is 3. The van der Waals surface area contributed by atoms with Crippen LogP contribution in [0, 0.1) is 0 Å². The van der Waals surface area contributed by atoms with Gasteiger partial charge in [-0.2, -0.15) is 0 Å². The summed E-state index contributed by atoms with van der Waals surface area (Å²) < 4.78 is 0. The lowest BCUT2D eigenvalue weighted by molar-refractivity contribution is -0.117. The Morgan fingerprint density at radius 1 is 1.50 bits per heavy atom. The van der Waals surface area contributed by atoms with Crippen molar-refractivity contribution in [3.63, 3.8) is 0 Å². The molecule has 0 saturated carbocycles. The standard InChI is InChI=1S/C11H15ClN4O2/c1-2-14-10-5-7(8(12)6-16-10)11(18)15-4-3-9(13)17/h5-6H,2-4H2,1H3,(H2,13,17)(H,14,16)(H,15,18). The molecule has 6 nitrogen and oxygen atoms in total. The molecule has 4 N–H and O–H groups in total. The van der Waals surface area contributed by atoms with Crippen molar-refractivity contribution in [3.05, 3.63) is 22.8 Å². The molecular weight excluding hydrogens is 256 g/mol. The maximum atomic E-state index is 11.8. The highest BCUT2D eigenvalue weighted by molar-refractivity contribution is 6.33. The third-order valence-corrected chi connectivity index (χ3v) is 2.42. The molecule has 2 amide bonds. The van der Waals surface area contributed by atoms with Crippen LogP contribution in [0.25, 0.3) is 0 Å². The Kier molecular flexibility index (Phi) is 5.38. The van der Waals surface area contributed by atoms with Crippen molar-refractivity contribution in [2.24, 2.45) is 5.73 Å². The van der Waals surface area contributed by atoms with Crippen LogP contribution in [0.3, 0.4) is 0 Å². The first kappa shape index (κ1) is 14.2. The lowest BCUT2D eigenvalue weighted by atomic mass is 10.2. The quantitative estimate of drug-likeness (QED) is 0.711. The Morgan fingerprint density at radius 3 is 2.83 bits per heavy atom. The number of hydrogen-bond acceptors (Lipinski definition) is 4. The first-order chi connectivity index (χ1) is 8.54. The van der Waals surface area contributed by atoms with Crippen molar-refractivity contribution in [1.29, 1.82) is 0 Å². The van der Waals surface area contributed by atoms with Gasteiger partial charge >= 0.3 is 0 Å². The Balaban J connectivity index is 2.71. The summed E-state index contributed by atoms with van der Waals surface area (Å²) in [6.45, 7) is 2.80. The van der Waals surface area contributed by atoms with Crippen LogP contribution in [0.4, 0.5) is 5.82 Å². The zero-order chi connectivity index (χ0) is 13.5. The van der Waals surface area contributed by atoms with Gasteiger partial charge in [0.15, 0.2) is 0 Å². The van der Waals surface area contributed by atoms with Crippen LogP contribution < -0.4 is 16.4 Å². The number of anilines is 1. The number of halogens is 1. The number of nitrogens with one attached hydrogen (secondary N) is 2. The van der Waals surface area contributed by atoms with Gasteiger partial charge in [-0.25, -0.2) is 4.98 Å². The molecule has 0 spiro atoms. The molecule has 7 heteroatoms. The molecule has 0 radical (unpaired) electrons. The highest BCUT2D eigenvalue weighted by Gasteiger charge is 2.11. The van der Waals surface area contributed by atoms with Gasteiger partial charge in [0.2, 0.25) is 5.91 Å². The first-order valence-corrected chi connectivity index (χ1v) is 5.88. The van der Waals surface area contributed by atoms with Crippen LogP contribution in [0.1, 0.15) is 23.7 Å². The molecule has 0 aliphatic rings. The van der Waals surface area contributed by atoms with E-state index in [1.54, 1.807) is 6.07 Å². The van der Waals surface area contributed by atoms with Gasteiger partial charge in [0.05, 0.1) is 10.6 Å². The number of nitrogens with two attached hydrogens (primary N) is 1. The molecule has 0 atom stereocenters. The number of nitrogens with zero attached hydrogens (tertiary/aromatic N) is 1. The van der Waals surface area contributed by atoms with E-state index in [0.29, 0.717) is 17.9 Å². The molecule has 1 aromatic heterocycles. The number of amides is 2. The predicted octanol–water partition coefficient (Wildman–Crippen LogP) is 0.772. The average Bonchev–Trinajstić information content (AvgIpc) is 2.31. The largest absolute Gasteiger partial charge is 0.370 e. The summed E-state index contributed by atoms with van der Waals surface area (Å²) in [7, 11) is 0. The summed E-state index contributed by atoms with van der Waals surface area (Å²) in [4.78, 5) is 26.4. The third kappa shape index (κ3) is 4.21. The highest BCUT2D eigenvalue weighted by atomic mass is 35.5. The smallest absolute Gasteiger partial charge is 0.253 e. The number of aromatic nitrogens is 1. The number of rotatable bonds is 6. The van der Waals surface area contributed by atoms with Crippen molar-refractivity contribution in [3.8, 4) is 0 Å². The average molecular weight is 271 g/mol. The van der Waals surface area contributed by atoms with Crippen LogP contribution in [0.2, 0.25) is 5.02 Å². The highest BCUT2D eigenvalue weighted by Crippen LogP contribution is 2.17. The summed E-state index contributed by atoms with van der Waals surface area (Å²) in [5.41, 5.74) is 5.29. The van der Waals surface area contributed by atoms with Gasteiger partial charge in [-0.3, -0.25) is 9.59 Å².